The molecule has 0 bridgehead atoms. The zero-order chi connectivity index (χ0) is 20.2. The van der Waals surface area contributed by atoms with Crippen molar-refractivity contribution in [1.82, 2.24) is 0 Å². The summed E-state index contributed by atoms with van der Waals surface area (Å²) < 4.78 is 0. The number of para-hydroxylation sites is 2. The van der Waals surface area contributed by atoms with Crippen molar-refractivity contribution in [3.8, 4) is 0 Å². The lowest BCUT2D eigenvalue weighted by molar-refractivity contribution is 0.694. The quantitative estimate of drug-likeness (QED) is 0.352. The molecule has 2 nitrogen and oxygen atoms in total. The highest BCUT2D eigenvalue weighted by Crippen LogP contribution is 2.45. The van der Waals surface area contributed by atoms with Crippen LogP contribution < -0.4 is 4.90 Å². The molecule has 0 amide bonds. The molecule has 0 aliphatic carbocycles. The van der Waals surface area contributed by atoms with Gasteiger partial charge < -0.3 is 4.90 Å². The first-order chi connectivity index (χ1) is 14.9. The summed E-state index contributed by atoms with van der Waals surface area (Å²) in [7, 11) is 0. The Balaban J connectivity index is 1.62. The Morgan fingerprint density at radius 1 is 0.567 bits per heavy atom. The molecule has 4 aromatic carbocycles. The molecule has 5 rings (SSSR count). The van der Waals surface area contributed by atoms with Crippen molar-refractivity contribution >= 4 is 28.2 Å². The number of anilines is 2. The van der Waals surface area contributed by atoms with Crippen LogP contribution in [0, 0.1) is 0 Å². The molecule has 0 radical (unpaired) electrons. The zero-order valence-corrected chi connectivity index (χ0v) is 17.3. The van der Waals surface area contributed by atoms with Gasteiger partial charge in [0.25, 0.3) is 0 Å². The lowest BCUT2D eigenvalue weighted by atomic mass is 10.1. The number of hydrogen-bond acceptors (Lipinski definition) is 3. The first kappa shape index (κ1) is 18.7. The Morgan fingerprint density at radius 2 is 1.03 bits per heavy atom. The number of hydrogen-bond donors (Lipinski definition) is 0. The molecule has 2 atom stereocenters. The molecule has 0 aromatic heterocycles. The van der Waals surface area contributed by atoms with Gasteiger partial charge in [-0.2, -0.15) is 0 Å². The van der Waals surface area contributed by atoms with Crippen molar-refractivity contribution in [2.24, 2.45) is 4.99 Å². The summed E-state index contributed by atoms with van der Waals surface area (Å²) in [5.41, 5.74) is 4.75. The predicted octanol–water partition coefficient (Wildman–Crippen LogP) is 7.09. The van der Waals surface area contributed by atoms with Gasteiger partial charge in [0.2, 0.25) is 0 Å². The van der Waals surface area contributed by atoms with Crippen LogP contribution in [0.4, 0.5) is 11.4 Å². The monoisotopic (exact) mass is 406 g/mol. The van der Waals surface area contributed by atoms with E-state index in [1.165, 1.54) is 22.5 Å². The molecule has 0 saturated carbocycles. The minimum absolute atomic E-state index is 0.0341. The second-order valence-electron chi connectivity index (χ2n) is 7.21. The van der Waals surface area contributed by atoms with E-state index in [0.717, 1.165) is 5.04 Å². The van der Waals surface area contributed by atoms with Crippen molar-refractivity contribution in [2.45, 2.75) is 11.4 Å². The normalized spacial score (nSPS) is 18.1. The summed E-state index contributed by atoms with van der Waals surface area (Å²) >= 11 is 1.84. The van der Waals surface area contributed by atoms with E-state index in [4.69, 9.17) is 4.99 Å². The summed E-state index contributed by atoms with van der Waals surface area (Å²) in [4.78, 5) is 7.64. The van der Waals surface area contributed by atoms with Crippen LogP contribution in [0.3, 0.4) is 0 Å². The van der Waals surface area contributed by atoms with Crippen LogP contribution in [-0.2, 0) is 0 Å². The van der Waals surface area contributed by atoms with Crippen molar-refractivity contribution in [2.75, 3.05) is 4.90 Å². The SMILES string of the molecule is c1ccc(C2=NC(c3ccccc3)C(N(c3ccccc3)c3ccccc3)S2)cc1. The number of aliphatic imine (C=N–C) groups is 1. The molecular weight excluding hydrogens is 384 g/mol. The number of rotatable bonds is 5. The summed E-state index contributed by atoms with van der Waals surface area (Å²) in [6, 6.07) is 42.4. The number of nitrogens with zero attached hydrogens (tertiary/aromatic N) is 2. The molecule has 30 heavy (non-hydrogen) atoms. The largest absolute Gasteiger partial charge is 0.326 e. The van der Waals surface area contributed by atoms with Crippen LogP contribution in [0.5, 0.6) is 0 Å². The maximum absolute atomic E-state index is 5.22. The minimum Gasteiger partial charge on any atom is -0.326 e. The molecule has 0 spiro atoms. The summed E-state index contributed by atoms with van der Waals surface area (Å²) in [5, 5.41) is 1.21. The molecule has 4 aromatic rings. The highest BCUT2D eigenvalue weighted by atomic mass is 32.2. The van der Waals surface area contributed by atoms with Gasteiger partial charge in [-0.25, -0.2) is 0 Å². The Hall–Kier alpha value is -3.30. The summed E-state index contributed by atoms with van der Waals surface area (Å²) in [6.45, 7) is 0. The van der Waals surface area contributed by atoms with Gasteiger partial charge in [-0.1, -0.05) is 109 Å². The average molecular weight is 407 g/mol. The lowest BCUT2D eigenvalue weighted by Gasteiger charge is -2.33. The van der Waals surface area contributed by atoms with Gasteiger partial charge in [-0.05, 0) is 29.8 Å². The van der Waals surface area contributed by atoms with E-state index >= 15 is 0 Å². The summed E-state index contributed by atoms with van der Waals surface area (Å²) in [5.74, 6) is 0. The average Bonchev–Trinajstić information content (AvgIpc) is 3.27. The molecule has 0 saturated heterocycles. The fraction of sp³-hybridized carbons (Fsp3) is 0.0741. The third kappa shape index (κ3) is 3.77. The van der Waals surface area contributed by atoms with E-state index < -0.39 is 0 Å². The molecule has 146 valence electrons. The van der Waals surface area contributed by atoms with E-state index in [1.54, 1.807) is 0 Å². The van der Waals surface area contributed by atoms with Crippen LogP contribution in [0.1, 0.15) is 17.2 Å². The van der Waals surface area contributed by atoms with Gasteiger partial charge in [-0.3, -0.25) is 4.99 Å². The lowest BCUT2D eigenvalue weighted by Crippen LogP contribution is -2.31. The molecule has 1 aliphatic rings. The molecule has 1 heterocycles. The fourth-order valence-electron chi connectivity index (χ4n) is 3.83. The molecule has 1 aliphatic heterocycles. The Bertz CT molecular complexity index is 1070. The van der Waals surface area contributed by atoms with E-state index in [9.17, 15) is 0 Å². The Labute approximate surface area is 181 Å². The molecule has 0 N–H and O–H groups in total. The Kier molecular flexibility index (Phi) is 5.36. The van der Waals surface area contributed by atoms with E-state index in [1.807, 2.05) is 11.8 Å². The molecule has 2 unspecified atom stereocenters. The Morgan fingerprint density at radius 3 is 1.57 bits per heavy atom. The fourth-order valence-corrected chi connectivity index (χ4v) is 5.20. The first-order valence-electron chi connectivity index (χ1n) is 10.1. The standard InChI is InChI=1S/C27H22N2S/c1-5-13-21(14-6-1)25-27(30-26(28-25)22-15-7-2-8-16-22)29(23-17-9-3-10-18-23)24-19-11-4-12-20-24/h1-20,25,27H. The second kappa shape index (κ2) is 8.60. The van der Waals surface area contributed by atoms with Crippen molar-refractivity contribution < 1.29 is 0 Å². The van der Waals surface area contributed by atoms with E-state index in [2.05, 4.69) is 126 Å². The number of thioether (sulfide) groups is 1. The van der Waals surface area contributed by atoms with Gasteiger partial charge in [0, 0.05) is 16.9 Å². The van der Waals surface area contributed by atoms with Crippen molar-refractivity contribution in [3.05, 3.63) is 132 Å². The van der Waals surface area contributed by atoms with Crippen LogP contribution in [-0.4, -0.2) is 10.4 Å². The minimum atomic E-state index is 0.0341. The van der Waals surface area contributed by atoms with Crippen LogP contribution in [0.15, 0.2) is 126 Å². The third-order valence-corrected chi connectivity index (χ3v) is 6.52. The third-order valence-electron chi connectivity index (χ3n) is 5.24. The maximum Gasteiger partial charge on any atom is 0.112 e. The zero-order valence-electron chi connectivity index (χ0n) is 16.5. The smallest absolute Gasteiger partial charge is 0.112 e. The van der Waals surface area contributed by atoms with Gasteiger partial charge in [-0.15, -0.1) is 0 Å². The summed E-state index contributed by atoms with van der Waals surface area (Å²) in [6.07, 6.45) is 0. The topological polar surface area (TPSA) is 15.6 Å². The molecule has 0 fully saturated rings. The first-order valence-corrected chi connectivity index (χ1v) is 11.0. The number of benzene rings is 4. The molecular formula is C27H22N2S. The van der Waals surface area contributed by atoms with Gasteiger partial charge >= 0.3 is 0 Å². The van der Waals surface area contributed by atoms with Crippen LogP contribution in [0.25, 0.3) is 0 Å². The maximum atomic E-state index is 5.22. The highest BCUT2D eigenvalue weighted by Gasteiger charge is 2.37. The molecule has 3 heteroatoms. The van der Waals surface area contributed by atoms with Crippen LogP contribution >= 0.6 is 11.8 Å². The van der Waals surface area contributed by atoms with Crippen LogP contribution in [0.2, 0.25) is 0 Å². The van der Waals surface area contributed by atoms with Crippen molar-refractivity contribution in [3.63, 3.8) is 0 Å². The van der Waals surface area contributed by atoms with E-state index in [0.29, 0.717) is 0 Å². The van der Waals surface area contributed by atoms with E-state index in [-0.39, 0.29) is 11.4 Å². The van der Waals surface area contributed by atoms with Gasteiger partial charge in [0.15, 0.2) is 0 Å². The predicted molar refractivity (Wildman–Crippen MR) is 129 cm³/mol. The van der Waals surface area contributed by atoms with Crippen molar-refractivity contribution in [1.29, 1.82) is 0 Å². The van der Waals surface area contributed by atoms with Gasteiger partial charge in [0.1, 0.15) is 16.5 Å². The second-order valence-corrected chi connectivity index (χ2v) is 8.31. The highest BCUT2D eigenvalue weighted by molar-refractivity contribution is 8.15. The van der Waals surface area contributed by atoms with Gasteiger partial charge in [0.05, 0.1) is 0 Å².